The van der Waals surface area contributed by atoms with Crippen molar-refractivity contribution in [2.45, 2.75) is 44.6 Å². The first-order valence-electron chi connectivity index (χ1n) is 12.5. The highest BCUT2D eigenvalue weighted by Crippen LogP contribution is 2.32. The molecule has 2 aromatic carbocycles. The van der Waals surface area contributed by atoms with E-state index in [2.05, 4.69) is 17.1 Å². The Kier molecular flexibility index (Phi) is 7.16. The SMILES string of the molecule is O=C(O)CC1c2ccc(nc2)OCCCCCOc2cccc(c2)C(=O)N2CCc3ccc1cc3C2. The summed E-state index contributed by atoms with van der Waals surface area (Å²) in [6.45, 7) is 2.25. The molecule has 7 bridgehead atoms. The summed E-state index contributed by atoms with van der Waals surface area (Å²) in [5.41, 5.74) is 4.58. The monoisotopic (exact) mass is 486 g/mol. The standard InChI is InChI=1S/C29H30N2O5/c32-28(33)17-26-21-8-7-20-11-12-31(19-24(20)15-21)29(34)22-5-4-6-25(16-22)35-13-2-1-3-14-36-27-10-9-23(26)18-30-27/h4-10,15-16,18,26H,1-3,11-14,17,19H2,(H,32,33). The summed E-state index contributed by atoms with van der Waals surface area (Å²) in [7, 11) is 0. The molecule has 0 spiro atoms. The van der Waals surface area contributed by atoms with Crippen molar-refractivity contribution in [3.05, 3.63) is 88.6 Å². The van der Waals surface area contributed by atoms with Crippen LogP contribution in [0.25, 0.3) is 0 Å². The van der Waals surface area contributed by atoms with Crippen molar-refractivity contribution < 1.29 is 24.2 Å². The lowest BCUT2D eigenvalue weighted by Crippen LogP contribution is -2.36. The van der Waals surface area contributed by atoms with Crippen LogP contribution in [0.3, 0.4) is 0 Å². The molecule has 1 amide bonds. The highest BCUT2D eigenvalue weighted by molar-refractivity contribution is 5.94. The van der Waals surface area contributed by atoms with Gasteiger partial charge in [-0.2, -0.15) is 0 Å². The van der Waals surface area contributed by atoms with Crippen LogP contribution in [0.4, 0.5) is 0 Å². The smallest absolute Gasteiger partial charge is 0.304 e. The quantitative estimate of drug-likeness (QED) is 0.558. The molecule has 6 rings (SSSR count). The van der Waals surface area contributed by atoms with Gasteiger partial charge >= 0.3 is 5.97 Å². The summed E-state index contributed by atoms with van der Waals surface area (Å²) in [6.07, 6.45) is 5.13. The number of aliphatic carboxylic acids is 1. The largest absolute Gasteiger partial charge is 0.494 e. The first-order valence-corrected chi connectivity index (χ1v) is 12.5. The molecule has 1 aromatic heterocycles. The Hall–Kier alpha value is -3.87. The Morgan fingerprint density at radius 2 is 1.81 bits per heavy atom. The van der Waals surface area contributed by atoms with Crippen LogP contribution in [-0.4, -0.2) is 46.6 Å². The Morgan fingerprint density at radius 1 is 0.972 bits per heavy atom. The van der Waals surface area contributed by atoms with Crippen molar-refractivity contribution in [3.63, 3.8) is 0 Å². The molecular formula is C29H30N2O5. The molecule has 3 aromatic rings. The number of rotatable bonds is 2. The summed E-state index contributed by atoms with van der Waals surface area (Å²) < 4.78 is 11.7. The van der Waals surface area contributed by atoms with E-state index in [0.717, 1.165) is 42.4 Å². The number of hydrogen-bond donors (Lipinski definition) is 1. The minimum absolute atomic E-state index is 0.0265. The maximum Gasteiger partial charge on any atom is 0.304 e. The van der Waals surface area contributed by atoms with E-state index in [-0.39, 0.29) is 18.2 Å². The second-order valence-corrected chi connectivity index (χ2v) is 9.37. The fraction of sp³-hybridized carbons (Fsp3) is 0.345. The number of carboxylic acid groups (broad SMARTS) is 1. The van der Waals surface area contributed by atoms with Gasteiger partial charge in [-0.05, 0) is 66.1 Å². The van der Waals surface area contributed by atoms with Gasteiger partial charge in [0.25, 0.3) is 5.91 Å². The molecule has 7 heteroatoms. The van der Waals surface area contributed by atoms with E-state index in [0.29, 0.717) is 43.5 Å². The molecule has 1 atom stereocenters. The fourth-order valence-electron chi connectivity index (χ4n) is 4.90. The van der Waals surface area contributed by atoms with E-state index < -0.39 is 5.97 Å². The van der Waals surface area contributed by atoms with E-state index in [9.17, 15) is 14.7 Å². The third kappa shape index (κ3) is 5.51. The van der Waals surface area contributed by atoms with Gasteiger partial charge in [-0.1, -0.05) is 30.3 Å². The van der Waals surface area contributed by atoms with Crippen LogP contribution in [-0.2, 0) is 17.8 Å². The molecule has 0 aliphatic carbocycles. The summed E-state index contributed by atoms with van der Waals surface area (Å²) >= 11 is 0. The van der Waals surface area contributed by atoms with Gasteiger partial charge in [-0.15, -0.1) is 0 Å². The zero-order valence-corrected chi connectivity index (χ0v) is 20.2. The van der Waals surface area contributed by atoms with Gasteiger partial charge < -0.3 is 19.5 Å². The zero-order chi connectivity index (χ0) is 24.9. The lowest BCUT2D eigenvalue weighted by molar-refractivity contribution is -0.137. The Morgan fingerprint density at radius 3 is 2.61 bits per heavy atom. The topological polar surface area (TPSA) is 89.0 Å². The van der Waals surface area contributed by atoms with Crippen LogP contribution in [0.1, 0.15) is 64.2 Å². The Bertz CT molecular complexity index is 1240. The van der Waals surface area contributed by atoms with Crippen LogP contribution in [0.5, 0.6) is 11.6 Å². The summed E-state index contributed by atoms with van der Waals surface area (Å²) in [6, 6.07) is 17.2. The molecule has 1 unspecified atom stereocenters. The van der Waals surface area contributed by atoms with Crippen molar-refractivity contribution in [1.29, 1.82) is 0 Å². The van der Waals surface area contributed by atoms with Gasteiger partial charge in [0.2, 0.25) is 5.88 Å². The van der Waals surface area contributed by atoms with E-state index in [1.54, 1.807) is 12.3 Å². The molecule has 0 saturated heterocycles. The van der Waals surface area contributed by atoms with Crippen molar-refractivity contribution in [3.8, 4) is 11.6 Å². The Balaban J connectivity index is 1.48. The minimum atomic E-state index is -0.873. The van der Waals surface area contributed by atoms with E-state index in [1.807, 2.05) is 41.3 Å². The third-order valence-electron chi connectivity index (χ3n) is 6.86. The number of fused-ring (bicyclic) bond motifs is 8. The average Bonchev–Trinajstić information content (AvgIpc) is 2.90. The first kappa shape index (κ1) is 23.9. The normalized spacial score (nSPS) is 18.2. The average molecular weight is 487 g/mol. The third-order valence-corrected chi connectivity index (χ3v) is 6.86. The number of ether oxygens (including phenoxy) is 2. The van der Waals surface area contributed by atoms with Gasteiger partial charge in [0.15, 0.2) is 0 Å². The molecule has 1 N–H and O–H groups in total. The predicted octanol–water partition coefficient (Wildman–Crippen LogP) is 4.83. The highest BCUT2D eigenvalue weighted by atomic mass is 16.5. The molecular weight excluding hydrogens is 456 g/mol. The molecule has 36 heavy (non-hydrogen) atoms. The van der Waals surface area contributed by atoms with Gasteiger partial charge in [-0.3, -0.25) is 9.59 Å². The van der Waals surface area contributed by atoms with E-state index >= 15 is 0 Å². The Labute approximate surface area is 210 Å². The van der Waals surface area contributed by atoms with E-state index in [4.69, 9.17) is 9.47 Å². The van der Waals surface area contributed by atoms with Crippen LogP contribution in [0.2, 0.25) is 0 Å². The van der Waals surface area contributed by atoms with Crippen LogP contribution < -0.4 is 9.47 Å². The number of aromatic nitrogens is 1. The molecule has 0 fully saturated rings. The molecule has 186 valence electrons. The lowest BCUT2D eigenvalue weighted by Gasteiger charge is -2.30. The van der Waals surface area contributed by atoms with Gasteiger partial charge in [0.1, 0.15) is 5.75 Å². The van der Waals surface area contributed by atoms with Gasteiger partial charge in [0.05, 0.1) is 19.6 Å². The number of hydrogen-bond acceptors (Lipinski definition) is 5. The zero-order valence-electron chi connectivity index (χ0n) is 20.2. The number of carboxylic acids is 1. The van der Waals surface area contributed by atoms with Gasteiger partial charge in [-0.25, -0.2) is 4.98 Å². The second kappa shape index (κ2) is 10.8. The molecule has 0 radical (unpaired) electrons. The number of benzene rings is 2. The molecule has 3 aliphatic rings. The summed E-state index contributed by atoms with van der Waals surface area (Å²) in [5, 5.41) is 9.63. The lowest BCUT2D eigenvalue weighted by atomic mass is 9.86. The number of nitrogens with zero attached hydrogens (tertiary/aromatic N) is 2. The maximum atomic E-state index is 13.3. The molecule has 4 heterocycles. The molecule has 3 aliphatic heterocycles. The summed E-state index contributed by atoms with van der Waals surface area (Å²) in [4.78, 5) is 31.4. The first-order chi connectivity index (χ1) is 17.6. The van der Waals surface area contributed by atoms with Crippen molar-refractivity contribution >= 4 is 11.9 Å². The van der Waals surface area contributed by atoms with Crippen LogP contribution in [0.15, 0.2) is 60.8 Å². The van der Waals surface area contributed by atoms with Gasteiger partial charge in [0, 0.05) is 36.8 Å². The number of carbonyl (C=O) groups is 2. The van der Waals surface area contributed by atoms with Crippen LogP contribution >= 0.6 is 0 Å². The highest BCUT2D eigenvalue weighted by Gasteiger charge is 2.25. The number of pyridine rings is 1. The minimum Gasteiger partial charge on any atom is -0.494 e. The van der Waals surface area contributed by atoms with Crippen molar-refractivity contribution in [1.82, 2.24) is 9.88 Å². The van der Waals surface area contributed by atoms with E-state index in [1.165, 1.54) is 5.56 Å². The number of carbonyl (C=O) groups excluding carboxylic acids is 1. The number of amides is 1. The van der Waals surface area contributed by atoms with Crippen molar-refractivity contribution in [2.75, 3.05) is 19.8 Å². The van der Waals surface area contributed by atoms with Crippen LogP contribution in [0, 0.1) is 0 Å². The van der Waals surface area contributed by atoms with Crippen molar-refractivity contribution in [2.24, 2.45) is 0 Å². The second-order valence-electron chi connectivity index (χ2n) is 9.37. The fourth-order valence-corrected chi connectivity index (χ4v) is 4.90. The maximum absolute atomic E-state index is 13.3. The summed E-state index contributed by atoms with van der Waals surface area (Å²) in [5.74, 6) is -0.0121. The molecule has 7 nitrogen and oxygen atoms in total. The molecule has 0 saturated carbocycles. The predicted molar refractivity (Wildman–Crippen MR) is 135 cm³/mol.